The zero-order valence-corrected chi connectivity index (χ0v) is 12.9. The highest BCUT2D eigenvalue weighted by molar-refractivity contribution is 7.91. The zero-order chi connectivity index (χ0) is 16.6. The van der Waals surface area contributed by atoms with Crippen LogP contribution in [0.2, 0.25) is 0 Å². The van der Waals surface area contributed by atoms with Crippen molar-refractivity contribution in [3.63, 3.8) is 0 Å². The summed E-state index contributed by atoms with van der Waals surface area (Å²) in [5.41, 5.74) is 0.272. The van der Waals surface area contributed by atoms with Crippen LogP contribution in [0, 0.1) is 0 Å². The molecule has 8 heteroatoms. The lowest BCUT2D eigenvalue weighted by atomic mass is 10.1. The number of nitrogens with zero attached hydrogens (tertiary/aromatic N) is 2. The second-order valence-electron chi connectivity index (χ2n) is 5.38. The Morgan fingerprint density at radius 1 is 1.22 bits per heavy atom. The molecule has 23 heavy (non-hydrogen) atoms. The number of fused-ring (bicyclic) bond motifs is 1. The Morgan fingerprint density at radius 2 is 1.96 bits per heavy atom. The van der Waals surface area contributed by atoms with E-state index < -0.39 is 33.5 Å². The topological polar surface area (TPSA) is 105 Å². The van der Waals surface area contributed by atoms with Crippen LogP contribution in [-0.2, 0) is 14.6 Å². The number of aromatic nitrogens is 1. The summed E-state index contributed by atoms with van der Waals surface area (Å²) in [6.45, 7) is -0.138. The van der Waals surface area contributed by atoms with Crippen molar-refractivity contribution < 1.29 is 23.1 Å². The van der Waals surface area contributed by atoms with Gasteiger partial charge in [-0.25, -0.2) is 13.2 Å². The van der Waals surface area contributed by atoms with Gasteiger partial charge in [0.2, 0.25) is 0 Å². The zero-order valence-electron chi connectivity index (χ0n) is 12.0. The number of hydrogen-bond donors (Lipinski definition) is 1. The summed E-state index contributed by atoms with van der Waals surface area (Å²) in [5.74, 6) is -2.64. The first-order valence-electron chi connectivity index (χ1n) is 6.96. The maximum Gasteiger partial charge on any atom is 0.327 e. The van der Waals surface area contributed by atoms with E-state index in [2.05, 4.69) is 4.98 Å². The standard InChI is InChI=1S/C15H14N2O5S/c18-14(12-8-16-7-10-3-1-2-4-11(10)12)17-5-6-23(21,22)9-13(17)15(19)20/h1-4,7-8,13H,5-6,9H2,(H,19,20). The van der Waals surface area contributed by atoms with E-state index in [1.807, 2.05) is 6.07 Å². The first kappa shape index (κ1) is 15.4. The van der Waals surface area contributed by atoms with Crippen molar-refractivity contribution in [1.82, 2.24) is 9.88 Å². The molecular formula is C15H14N2O5S. The molecule has 1 atom stereocenters. The molecule has 2 aromatic rings. The number of rotatable bonds is 2. The van der Waals surface area contributed by atoms with Gasteiger partial charge in [0.1, 0.15) is 6.04 Å². The lowest BCUT2D eigenvalue weighted by Crippen LogP contribution is -2.54. The molecular weight excluding hydrogens is 320 g/mol. The van der Waals surface area contributed by atoms with Gasteiger partial charge in [0.15, 0.2) is 9.84 Å². The number of carbonyl (C=O) groups is 2. The first-order valence-corrected chi connectivity index (χ1v) is 8.78. The largest absolute Gasteiger partial charge is 0.480 e. The maximum absolute atomic E-state index is 12.8. The minimum absolute atomic E-state index is 0.138. The Kier molecular flexibility index (Phi) is 3.77. The lowest BCUT2D eigenvalue weighted by Gasteiger charge is -2.32. The monoisotopic (exact) mass is 334 g/mol. The highest BCUT2D eigenvalue weighted by Gasteiger charge is 2.39. The molecule has 0 saturated carbocycles. The van der Waals surface area contributed by atoms with E-state index in [1.54, 1.807) is 24.4 Å². The van der Waals surface area contributed by atoms with Gasteiger partial charge in [0.05, 0.1) is 17.1 Å². The molecule has 120 valence electrons. The first-order chi connectivity index (χ1) is 10.9. The minimum atomic E-state index is -3.46. The molecule has 0 bridgehead atoms. The number of carboxylic acid groups (broad SMARTS) is 1. The molecule has 2 heterocycles. The Bertz CT molecular complexity index is 888. The van der Waals surface area contributed by atoms with Crippen molar-refractivity contribution in [1.29, 1.82) is 0 Å². The molecule has 0 radical (unpaired) electrons. The Morgan fingerprint density at radius 3 is 2.70 bits per heavy atom. The third kappa shape index (κ3) is 2.89. The summed E-state index contributed by atoms with van der Waals surface area (Å²) in [6.07, 6.45) is 2.99. The number of aliphatic carboxylic acids is 1. The lowest BCUT2D eigenvalue weighted by molar-refractivity contribution is -0.141. The fourth-order valence-electron chi connectivity index (χ4n) is 2.70. The molecule has 7 nitrogen and oxygen atoms in total. The van der Waals surface area contributed by atoms with E-state index in [-0.39, 0.29) is 17.9 Å². The summed E-state index contributed by atoms with van der Waals surface area (Å²) < 4.78 is 23.3. The van der Waals surface area contributed by atoms with E-state index in [0.29, 0.717) is 5.39 Å². The molecule has 1 aromatic heterocycles. The van der Waals surface area contributed by atoms with Crippen molar-refractivity contribution in [2.45, 2.75) is 6.04 Å². The normalized spacial score (nSPS) is 20.3. The Hall–Kier alpha value is -2.48. The molecule has 1 aliphatic heterocycles. The highest BCUT2D eigenvalue weighted by Crippen LogP contribution is 2.22. The fraction of sp³-hybridized carbons (Fsp3) is 0.267. The summed E-state index contributed by atoms with van der Waals surface area (Å²) in [4.78, 5) is 29.3. The van der Waals surface area contributed by atoms with Crippen molar-refractivity contribution >= 4 is 32.5 Å². The van der Waals surface area contributed by atoms with Gasteiger partial charge in [-0.3, -0.25) is 9.78 Å². The van der Waals surface area contributed by atoms with E-state index in [4.69, 9.17) is 0 Å². The predicted octanol–water partition coefficient (Wildman–Crippen LogP) is 0.559. The second-order valence-corrected chi connectivity index (χ2v) is 7.60. The minimum Gasteiger partial charge on any atom is -0.480 e. The van der Waals surface area contributed by atoms with E-state index in [1.165, 1.54) is 6.20 Å². The molecule has 1 fully saturated rings. The number of hydrogen-bond acceptors (Lipinski definition) is 5. The summed E-state index contributed by atoms with van der Waals surface area (Å²) in [5, 5.41) is 10.7. The van der Waals surface area contributed by atoms with Gasteiger partial charge in [0, 0.05) is 24.3 Å². The molecule has 1 saturated heterocycles. The van der Waals surface area contributed by atoms with Gasteiger partial charge in [-0.15, -0.1) is 0 Å². The van der Waals surface area contributed by atoms with Gasteiger partial charge in [0.25, 0.3) is 5.91 Å². The van der Waals surface area contributed by atoms with Crippen molar-refractivity contribution in [3.8, 4) is 0 Å². The quantitative estimate of drug-likeness (QED) is 0.860. The molecule has 1 unspecified atom stereocenters. The molecule has 0 spiro atoms. The van der Waals surface area contributed by atoms with Gasteiger partial charge in [-0.2, -0.15) is 0 Å². The van der Waals surface area contributed by atoms with E-state index in [9.17, 15) is 23.1 Å². The Balaban J connectivity index is 2.03. The van der Waals surface area contributed by atoms with Gasteiger partial charge < -0.3 is 10.0 Å². The summed E-state index contributed by atoms with van der Waals surface area (Å²) in [6, 6.07) is 5.76. The van der Waals surface area contributed by atoms with Gasteiger partial charge in [-0.05, 0) is 5.39 Å². The molecule has 3 rings (SSSR count). The molecule has 1 N–H and O–H groups in total. The van der Waals surface area contributed by atoms with E-state index in [0.717, 1.165) is 10.3 Å². The Labute approximate surface area is 132 Å². The van der Waals surface area contributed by atoms with Crippen molar-refractivity contribution in [3.05, 3.63) is 42.2 Å². The van der Waals surface area contributed by atoms with Crippen LogP contribution in [0.25, 0.3) is 10.8 Å². The molecule has 0 aliphatic carbocycles. The predicted molar refractivity (Wildman–Crippen MR) is 82.9 cm³/mol. The van der Waals surface area contributed by atoms with Crippen LogP contribution in [0.4, 0.5) is 0 Å². The number of sulfone groups is 1. The summed E-state index contributed by atoms with van der Waals surface area (Å²) >= 11 is 0. The van der Waals surface area contributed by atoms with Crippen LogP contribution >= 0.6 is 0 Å². The maximum atomic E-state index is 12.8. The third-order valence-electron chi connectivity index (χ3n) is 3.88. The third-order valence-corrected chi connectivity index (χ3v) is 5.50. The number of amides is 1. The average molecular weight is 334 g/mol. The van der Waals surface area contributed by atoms with E-state index >= 15 is 0 Å². The number of pyridine rings is 1. The molecule has 1 aliphatic rings. The smallest absolute Gasteiger partial charge is 0.327 e. The number of carboxylic acids is 1. The second kappa shape index (κ2) is 5.62. The van der Waals surface area contributed by atoms with Gasteiger partial charge >= 0.3 is 5.97 Å². The van der Waals surface area contributed by atoms with Crippen molar-refractivity contribution in [2.24, 2.45) is 0 Å². The van der Waals surface area contributed by atoms with Gasteiger partial charge in [-0.1, -0.05) is 24.3 Å². The SMILES string of the molecule is O=C(O)C1CS(=O)(=O)CCN1C(=O)c1cncc2ccccc12. The van der Waals surface area contributed by atoms with Crippen molar-refractivity contribution in [2.75, 3.05) is 18.1 Å². The van der Waals surface area contributed by atoms with Crippen LogP contribution in [-0.4, -0.2) is 59.4 Å². The van der Waals surface area contributed by atoms with Crippen LogP contribution in [0.3, 0.4) is 0 Å². The van der Waals surface area contributed by atoms with Crippen LogP contribution < -0.4 is 0 Å². The fourth-order valence-corrected chi connectivity index (χ4v) is 4.14. The van der Waals surface area contributed by atoms with Crippen LogP contribution in [0.15, 0.2) is 36.7 Å². The number of carbonyl (C=O) groups excluding carboxylic acids is 1. The summed E-state index contributed by atoms with van der Waals surface area (Å²) in [7, 11) is -3.46. The molecule has 1 amide bonds. The van der Waals surface area contributed by atoms with Crippen LogP contribution in [0.5, 0.6) is 0 Å². The average Bonchev–Trinajstić information content (AvgIpc) is 2.53. The highest BCUT2D eigenvalue weighted by atomic mass is 32.2. The molecule has 1 aromatic carbocycles. The number of benzene rings is 1. The van der Waals surface area contributed by atoms with Crippen LogP contribution in [0.1, 0.15) is 10.4 Å².